The van der Waals surface area contributed by atoms with E-state index >= 15 is 0 Å². The van der Waals surface area contributed by atoms with Crippen LogP contribution in [0.15, 0.2) is 12.2 Å². The van der Waals surface area contributed by atoms with Crippen LogP contribution in [0.25, 0.3) is 0 Å². The Labute approximate surface area is 62.9 Å². The number of hydrogen-bond donors (Lipinski definition) is 0. The highest BCUT2D eigenvalue weighted by atomic mass is 19.4. The van der Waals surface area contributed by atoms with Gasteiger partial charge in [-0.3, -0.25) is 4.79 Å². The average molecular weight is 166 g/mol. The Morgan fingerprint density at radius 3 is 2.27 bits per heavy atom. The van der Waals surface area contributed by atoms with Crippen LogP contribution >= 0.6 is 0 Å². The maximum atomic E-state index is 11.4. The number of carbonyl (C=O) groups excluding carboxylic acids is 1. The van der Waals surface area contributed by atoms with E-state index in [1.807, 2.05) is 0 Å². The quantitative estimate of drug-likeness (QED) is 0.588. The van der Waals surface area contributed by atoms with Crippen molar-refractivity contribution in [3.8, 4) is 0 Å². The molecule has 64 valence electrons. The van der Waals surface area contributed by atoms with Crippen LogP contribution in [0.1, 0.15) is 19.8 Å². The highest BCUT2D eigenvalue weighted by Gasteiger charge is 2.24. The van der Waals surface area contributed by atoms with E-state index in [0.717, 1.165) is 6.08 Å². The third-order valence-electron chi connectivity index (χ3n) is 0.921. The number of allylic oxidation sites excluding steroid dienone is 2. The molecule has 4 heteroatoms. The zero-order valence-electron chi connectivity index (χ0n) is 6.11. The van der Waals surface area contributed by atoms with Crippen molar-refractivity contribution in [3.05, 3.63) is 12.2 Å². The van der Waals surface area contributed by atoms with Gasteiger partial charge < -0.3 is 0 Å². The summed E-state index contributed by atoms with van der Waals surface area (Å²) >= 11 is 0. The molecule has 11 heavy (non-hydrogen) atoms. The van der Waals surface area contributed by atoms with E-state index in [1.165, 1.54) is 13.0 Å². The summed E-state index contributed by atoms with van der Waals surface area (Å²) in [5.74, 6) is -0.136. The van der Waals surface area contributed by atoms with E-state index in [2.05, 4.69) is 0 Å². The Bertz CT molecular complexity index is 158. The fraction of sp³-hybridized carbons (Fsp3) is 0.571. The van der Waals surface area contributed by atoms with Crippen LogP contribution in [-0.2, 0) is 4.79 Å². The van der Waals surface area contributed by atoms with Gasteiger partial charge in [0, 0.05) is 6.42 Å². The maximum absolute atomic E-state index is 11.4. The number of ketones is 1. The molecule has 0 aliphatic rings. The van der Waals surface area contributed by atoms with Gasteiger partial charge in [0.25, 0.3) is 0 Å². The lowest BCUT2D eigenvalue weighted by molar-refractivity contribution is -0.125. The average Bonchev–Trinajstić information content (AvgIpc) is 1.78. The minimum atomic E-state index is -4.16. The molecule has 0 fully saturated rings. The summed E-state index contributed by atoms with van der Waals surface area (Å²) in [5, 5.41) is 0. The van der Waals surface area contributed by atoms with Crippen molar-refractivity contribution in [2.24, 2.45) is 0 Å². The first-order chi connectivity index (χ1) is 4.92. The van der Waals surface area contributed by atoms with Crippen LogP contribution in [0.2, 0.25) is 0 Å². The van der Waals surface area contributed by atoms with E-state index in [1.54, 1.807) is 0 Å². The normalized spacial score (nSPS) is 12.4. The number of halogens is 3. The van der Waals surface area contributed by atoms with Gasteiger partial charge in [0.2, 0.25) is 0 Å². The molecule has 0 amide bonds. The summed E-state index contributed by atoms with van der Waals surface area (Å²) < 4.78 is 34.3. The molecular formula is C7H9F3O. The molecule has 0 saturated carbocycles. The molecule has 0 bridgehead atoms. The molecule has 0 rings (SSSR count). The van der Waals surface area contributed by atoms with Gasteiger partial charge in [-0.25, -0.2) is 0 Å². The molecule has 0 heterocycles. The lowest BCUT2D eigenvalue weighted by Gasteiger charge is -1.99. The largest absolute Gasteiger partial charge is 0.392 e. The Balaban J connectivity index is 3.53. The predicted molar refractivity (Wildman–Crippen MR) is 35.1 cm³/mol. The highest BCUT2D eigenvalue weighted by Crippen LogP contribution is 2.19. The molecule has 0 aliphatic heterocycles. The van der Waals surface area contributed by atoms with E-state index in [4.69, 9.17) is 0 Å². The van der Waals surface area contributed by atoms with E-state index < -0.39 is 12.6 Å². The number of hydrogen-bond acceptors (Lipinski definition) is 1. The fourth-order valence-corrected chi connectivity index (χ4v) is 0.466. The van der Waals surface area contributed by atoms with Crippen molar-refractivity contribution < 1.29 is 18.0 Å². The topological polar surface area (TPSA) is 17.1 Å². The first kappa shape index (κ1) is 10.2. The van der Waals surface area contributed by atoms with Gasteiger partial charge in [-0.2, -0.15) is 13.2 Å². The minimum absolute atomic E-state index is 0.0794. The van der Waals surface area contributed by atoms with Gasteiger partial charge in [-0.1, -0.05) is 12.2 Å². The molecule has 0 saturated heterocycles. The second-order valence-corrected chi connectivity index (χ2v) is 2.20. The Kier molecular flexibility index (Phi) is 3.85. The molecule has 1 nitrogen and oxygen atoms in total. The molecule has 0 aromatic carbocycles. The molecule has 0 aromatic rings. The Hall–Kier alpha value is -0.800. The van der Waals surface area contributed by atoms with Crippen molar-refractivity contribution in [1.29, 1.82) is 0 Å². The van der Waals surface area contributed by atoms with Gasteiger partial charge >= 0.3 is 6.18 Å². The minimum Gasteiger partial charge on any atom is -0.300 e. The second kappa shape index (κ2) is 4.16. The van der Waals surface area contributed by atoms with Crippen LogP contribution in [0.5, 0.6) is 0 Å². The molecule has 0 atom stereocenters. The van der Waals surface area contributed by atoms with Gasteiger partial charge in [0.05, 0.1) is 6.42 Å². The molecule has 0 spiro atoms. The number of alkyl halides is 3. The summed E-state index contributed by atoms with van der Waals surface area (Å²) in [5.41, 5.74) is 0. The summed E-state index contributed by atoms with van der Waals surface area (Å²) in [7, 11) is 0. The summed E-state index contributed by atoms with van der Waals surface area (Å²) in [6.45, 7) is 1.33. The lowest BCUT2D eigenvalue weighted by Crippen LogP contribution is -2.04. The van der Waals surface area contributed by atoms with Gasteiger partial charge in [-0.05, 0) is 6.92 Å². The molecule has 0 N–H and O–H groups in total. The SMILES string of the molecule is CC(=O)C/C=C/CC(F)(F)F. The molecule has 0 aliphatic carbocycles. The van der Waals surface area contributed by atoms with Crippen molar-refractivity contribution >= 4 is 5.78 Å². The molecule has 0 unspecified atom stereocenters. The van der Waals surface area contributed by atoms with Crippen molar-refractivity contribution in [2.75, 3.05) is 0 Å². The fourth-order valence-electron chi connectivity index (χ4n) is 0.466. The van der Waals surface area contributed by atoms with Crippen LogP contribution in [0, 0.1) is 0 Å². The smallest absolute Gasteiger partial charge is 0.300 e. The molecule has 0 aromatic heterocycles. The third-order valence-corrected chi connectivity index (χ3v) is 0.921. The Morgan fingerprint density at radius 2 is 1.91 bits per heavy atom. The highest BCUT2D eigenvalue weighted by molar-refractivity contribution is 5.76. The Morgan fingerprint density at radius 1 is 1.36 bits per heavy atom. The van der Waals surface area contributed by atoms with Gasteiger partial charge in [0.15, 0.2) is 0 Å². The van der Waals surface area contributed by atoms with E-state index in [9.17, 15) is 18.0 Å². The van der Waals surface area contributed by atoms with Crippen molar-refractivity contribution in [1.82, 2.24) is 0 Å². The first-order valence-electron chi connectivity index (χ1n) is 3.13. The molecular weight excluding hydrogens is 157 g/mol. The lowest BCUT2D eigenvalue weighted by atomic mass is 10.2. The second-order valence-electron chi connectivity index (χ2n) is 2.20. The summed E-state index contributed by atoms with van der Waals surface area (Å²) in [4.78, 5) is 10.2. The molecule has 0 radical (unpaired) electrons. The van der Waals surface area contributed by atoms with Gasteiger partial charge in [0.1, 0.15) is 5.78 Å². The summed E-state index contributed by atoms with van der Waals surface area (Å²) in [6, 6.07) is 0. The number of carbonyl (C=O) groups is 1. The zero-order chi connectivity index (χ0) is 8.91. The third kappa shape index (κ3) is 9.20. The zero-order valence-corrected chi connectivity index (χ0v) is 6.11. The predicted octanol–water partition coefficient (Wildman–Crippen LogP) is 2.47. The summed E-state index contributed by atoms with van der Waals surface area (Å²) in [6.07, 6.45) is -2.85. The van der Waals surface area contributed by atoms with E-state index in [0.29, 0.717) is 0 Å². The van der Waals surface area contributed by atoms with Crippen LogP contribution in [0.3, 0.4) is 0 Å². The maximum Gasteiger partial charge on any atom is 0.392 e. The van der Waals surface area contributed by atoms with Crippen molar-refractivity contribution in [3.63, 3.8) is 0 Å². The monoisotopic (exact) mass is 166 g/mol. The van der Waals surface area contributed by atoms with Crippen molar-refractivity contribution in [2.45, 2.75) is 25.9 Å². The standard InChI is InChI=1S/C7H9F3O/c1-6(11)4-2-3-5-7(8,9)10/h2-3H,4-5H2,1H3/b3-2+. The van der Waals surface area contributed by atoms with Crippen LogP contribution < -0.4 is 0 Å². The number of Topliss-reactive ketones (excluding diaryl/α,β-unsaturated/α-hetero) is 1. The van der Waals surface area contributed by atoms with Crippen LogP contribution in [0.4, 0.5) is 13.2 Å². The van der Waals surface area contributed by atoms with E-state index in [-0.39, 0.29) is 12.2 Å². The first-order valence-corrected chi connectivity index (χ1v) is 3.13. The van der Waals surface area contributed by atoms with Crippen LogP contribution in [-0.4, -0.2) is 12.0 Å². The van der Waals surface area contributed by atoms with Gasteiger partial charge in [-0.15, -0.1) is 0 Å². The number of rotatable bonds is 3.